The number of carbonyl (C=O) groups excluding carboxylic acids is 1. The summed E-state index contributed by atoms with van der Waals surface area (Å²) >= 11 is 0. The van der Waals surface area contributed by atoms with Gasteiger partial charge in [-0.1, -0.05) is 12.1 Å². The number of hydrogen-bond donors (Lipinski definition) is 4. The number of nitrogens with two attached hydrogens (primary N) is 1. The number of rotatable bonds is 2. The van der Waals surface area contributed by atoms with Crippen molar-refractivity contribution in [2.24, 2.45) is 10.7 Å². The number of amides is 1. The first-order valence-electron chi connectivity index (χ1n) is 6.67. The molecule has 2 unspecified atom stereocenters. The number of nitrogens with zero attached hydrogens (tertiary/aromatic N) is 1. The molecule has 1 aromatic carbocycles. The second-order valence-electron chi connectivity index (χ2n) is 5.13. The summed E-state index contributed by atoms with van der Waals surface area (Å²) in [6.07, 6.45) is -0.0278. The van der Waals surface area contributed by atoms with Gasteiger partial charge >= 0.3 is 0 Å². The molecule has 20 heavy (non-hydrogen) atoms. The Bertz CT molecular complexity index is 540. The second kappa shape index (κ2) is 5.92. The Morgan fingerprint density at radius 1 is 1.45 bits per heavy atom. The molecule has 0 radical (unpaired) electrons. The first-order valence-corrected chi connectivity index (χ1v) is 6.67. The molecule has 1 amide bonds. The molecule has 1 aliphatic rings. The van der Waals surface area contributed by atoms with Crippen molar-refractivity contribution < 1.29 is 4.79 Å². The maximum atomic E-state index is 11.4. The van der Waals surface area contributed by atoms with E-state index in [1.165, 1.54) is 5.56 Å². The molecule has 1 heterocycles. The predicted octanol–water partition coefficient (Wildman–Crippen LogP) is 0.812. The Morgan fingerprint density at radius 2 is 2.20 bits per heavy atom. The zero-order chi connectivity index (χ0) is 14.7. The molecule has 6 nitrogen and oxygen atoms in total. The van der Waals surface area contributed by atoms with Gasteiger partial charge in [-0.2, -0.15) is 0 Å². The second-order valence-corrected chi connectivity index (χ2v) is 5.13. The minimum absolute atomic E-state index is 0.0236. The first kappa shape index (κ1) is 14.3. The maximum absolute atomic E-state index is 11.4. The summed E-state index contributed by atoms with van der Waals surface area (Å²) in [5.74, 6) is 0.245. The van der Waals surface area contributed by atoms with Gasteiger partial charge in [0.25, 0.3) is 0 Å². The standard InChI is InChI=1S/C14H21N5O/c1-8-5-4-6-11(10(8)3)17-13(15)19-14-16-9(2)7-12(20)18-14/h4-6,9,14,16H,7H2,1-3H3,(H,18,20)(H3,15,17,19). The van der Waals surface area contributed by atoms with Crippen molar-refractivity contribution in [1.29, 1.82) is 0 Å². The van der Waals surface area contributed by atoms with E-state index in [1.807, 2.05) is 39.0 Å². The zero-order valence-electron chi connectivity index (χ0n) is 12.0. The molecule has 1 aromatic rings. The fraction of sp³-hybridized carbons (Fsp3) is 0.429. The van der Waals surface area contributed by atoms with Crippen LogP contribution in [0.25, 0.3) is 0 Å². The molecule has 2 rings (SSSR count). The Hall–Kier alpha value is -2.08. The van der Waals surface area contributed by atoms with Crippen molar-refractivity contribution in [2.75, 3.05) is 5.32 Å². The van der Waals surface area contributed by atoms with Crippen molar-refractivity contribution in [3.8, 4) is 0 Å². The Kier molecular flexibility index (Phi) is 4.24. The van der Waals surface area contributed by atoms with Gasteiger partial charge in [0.1, 0.15) is 0 Å². The number of carbonyl (C=O) groups is 1. The van der Waals surface area contributed by atoms with E-state index in [2.05, 4.69) is 20.9 Å². The Morgan fingerprint density at radius 3 is 2.90 bits per heavy atom. The minimum atomic E-state index is -0.483. The monoisotopic (exact) mass is 275 g/mol. The summed E-state index contributed by atoms with van der Waals surface area (Å²) < 4.78 is 0. The number of nitrogens with one attached hydrogen (secondary N) is 3. The van der Waals surface area contributed by atoms with Crippen LogP contribution in [0.5, 0.6) is 0 Å². The number of guanidine groups is 1. The van der Waals surface area contributed by atoms with Crippen molar-refractivity contribution >= 4 is 17.6 Å². The van der Waals surface area contributed by atoms with E-state index in [4.69, 9.17) is 5.73 Å². The topological polar surface area (TPSA) is 91.5 Å². The molecule has 1 fully saturated rings. The first-order chi connectivity index (χ1) is 9.45. The number of aliphatic imine (C=N–C) groups is 1. The van der Waals surface area contributed by atoms with Crippen LogP contribution in [0, 0.1) is 13.8 Å². The zero-order valence-corrected chi connectivity index (χ0v) is 12.0. The van der Waals surface area contributed by atoms with Crippen molar-refractivity contribution in [3.05, 3.63) is 29.3 Å². The molecule has 0 saturated carbocycles. The number of hydrogen-bond acceptors (Lipinski definition) is 3. The molecule has 1 saturated heterocycles. The minimum Gasteiger partial charge on any atom is -0.370 e. The van der Waals surface area contributed by atoms with Gasteiger partial charge in [-0.3, -0.25) is 10.1 Å². The van der Waals surface area contributed by atoms with E-state index in [0.29, 0.717) is 6.42 Å². The highest BCUT2D eigenvalue weighted by atomic mass is 16.2. The van der Waals surface area contributed by atoms with Gasteiger partial charge < -0.3 is 16.4 Å². The molecule has 2 atom stereocenters. The third-order valence-electron chi connectivity index (χ3n) is 3.37. The molecule has 0 spiro atoms. The third kappa shape index (κ3) is 3.48. The molecular weight excluding hydrogens is 254 g/mol. The SMILES string of the molecule is Cc1cccc(N/C(N)=N/C2NC(=O)CC(C)N2)c1C. The highest BCUT2D eigenvalue weighted by Crippen LogP contribution is 2.17. The van der Waals surface area contributed by atoms with Crippen LogP contribution in [0.3, 0.4) is 0 Å². The summed E-state index contributed by atoms with van der Waals surface area (Å²) in [6.45, 7) is 6.00. The van der Waals surface area contributed by atoms with Crippen LogP contribution in [0.1, 0.15) is 24.5 Å². The number of aryl methyl sites for hydroxylation is 1. The average Bonchev–Trinajstić information content (AvgIpc) is 2.33. The van der Waals surface area contributed by atoms with E-state index >= 15 is 0 Å². The molecule has 0 aromatic heterocycles. The van der Waals surface area contributed by atoms with E-state index in [0.717, 1.165) is 11.3 Å². The summed E-state index contributed by atoms with van der Waals surface area (Å²) in [4.78, 5) is 15.7. The predicted molar refractivity (Wildman–Crippen MR) is 80.3 cm³/mol. The van der Waals surface area contributed by atoms with Crippen LogP contribution < -0.4 is 21.7 Å². The highest BCUT2D eigenvalue weighted by molar-refractivity contribution is 5.93. The third-order valence-corrected chi connectivity index (χ3v) is 3.37. The van der Waals surface area contributed by atoms with Gasteiger partial charge in [0.15, 0.2) is 12.2 Å². The fourth-order valence-corrected chi connectivity index (χ4v) is 2.12. The van der Waals surface area contributed by atoms with Crippen molar-refractivity contribution in [1.82, 2.24) is 10.6 Å². The molecule has 5 N–H and O–H groups in total. The lowest BCUT2D eigenvalue weighted by Crippen LogP contribution is -2.55. The van der Waals surface area contributed by atoms with E-state index in [-0.39, 0.29) is 17.9 Å². The van der Waals surface area contributed by atoms with Gasteiger partial charge in [0.05, 0.1) is 0 Å². The lowest BCUT2D eigenvalue weighted by molar-refractivity contribution is -0.124. The van der Waals surface area contributed by atoms with E-state index in [9.17, 15) is 4.79 Å². The smallest absolute Gasteiger partial charge is 0.224 e. The molecule has 108 valence electrons. The Balaban J connectivity index is 2.07. The molecule has 0 aliphatic carbocycles. The average molecular weight is 275 g/mol. The van der Waals surface area contributed by atoms with Crippen LogP contribution >= 0.6 is 0 Å². The Labute approximate surface area is 118 Å². The number of benzene rings is 1. The van der Waals surface area contributed by atoms with E-state index in [1.54, 1.807) is 0 Å². The molecule has 6 heteroatoms. The molecule has 1 aliphatic heterocycles. The van der Waals surface area contributed by atoms with Gasteiger partial charge in [-0.25, -0.2) is 4.99 Å². The summed E-state index contributed by atoms with van der Waals surface area (Å²) in [5.41, 5.74) is 9.12. The lowest BCUT2D eigenvalue weighted by Gasteiger charge is -2.27. The van der Waals surface area contributed by atoms with Crippen molar-refractivity contribution in [3.63, 3.8) is 0 Å². The van der Waals surface area contributed by atoms with Crippen LogP contribution in [0.4, 0.5) is 5.69 Å². The lowest BCUT2D eigenvalue weighted by atomic mass is 10.1. The van der Waals surface area contributed by atoms with Crippen LogP contribution in [0.15, 0.2) is 23.2 Å². The quantitative estimate of drug-likeness (QED) is 0.475. The maximum Gasteiger partial charge on any atom is 0.224 e. The summed E-state index contributed by atoms with van der Waals surface area (Å²) in [5, 5.41) is 8.95. The van der Waals surface area contributed by atoms with Crippen LogP contribution in [-0.2, 0) is 4.79 Å². The number of anilines is 1. The van der Waals surface area contributed by atoms with Gasteiger partial charge in [-0.05, 0) is 38.0 Å². The summed E-state index contributed by atoms with van der Waals surface area (Å²) in [6, 6.07) is 6.03. The summed E-state index contributed by atoms with van der Waals surface area (Å²) in [7, 11) is 0. The van der Waals surface area contributed by atoms with Gasteiger partial charge in [0.2, 0.25) is 5.91 Å². The molecule has 0 bridgehead atoms. The van der Waals surface area contributed by atoms with Crippen LogP contribution in [-0.4, -0.2) is 24.2 Å². The fourth-order valence-electron chi connectivity index (χ4n) is 2.12. The normalized spacial score (nSPS) is 23.4. The van der Waals surface area contributed by atoms with Gasteiger partial charge in [0, 0.05) is 18.2 Å². The van der Waals surface area contributed by atoms with E-state index < -0.39 is 6.29 Å². The molecular formula is C14H21N5O. The largest absolute Gasteiger partial charge is 0.370 e. The van der Waals surface area contributed by atoms with Crippen molar-refractivity contribution in [2.45, 2.75) is 39.5 Å². The van der Waals surface area contributed by atoms with Crippen LogP contribution in [0.2, 0.25) is 0 Å². The highest BCUT2D eigenvalue weighted by Gasteiger charge is 2.22. The van der Waals surface area contributed by atoms with Gasteiger partial charge in [-0.15, -0.1) is 0 Å².